The van der Waals surface area contributed by atoms with E-state index in [-0.39, 0.29) is 55.0 Å². The second-order valence-corrected chi connectivity index (χ2v) is 16.4. The number of allylic oxidation sites excluding steroid dienone is 4. The Hall–Kier alpha value is -5.56. The molecular formula is C43H44F3N7O6S. The first-order valence-electron chi connectivity index (χ1n) is 19.2. The number of ether oxygens (including phenoxy) is 3. The van der Waals surface area contributed by atoms with Crippen LogP contribution in [-0.2, 0) is 35.8 Å². The number of aliphatic carboxylic acids is 1. The molecule has 1 N–H and O–H groups in total. The van der Waals surface area contributed by atoms with Crippen LogP contribution in [0, 0.1) is 45.5 Å². The predicted octanol–water partition coefficient (Wildman–Crippen LogP) is 5.28. The number of nitriles is 2. The molecule has 3 heterocycles. The molecule has 3 atom stereocenters. The lowest BCUT2D eigenvalue weighted by molar-refractivity contribution is -0.159. The van der Waals surface area contributed by atoms with Gasteiger partial charge in [-0.2, -0.15) is 15.6 Å². The number of carboxylic acid groups (broad SMARTS) is 1. The van der Waals surface area contributed by atoms with Crippen LogP contribution >= 0.6 is 11.8 Å². The maximum absolute atomic E-state index is 16.4. The average molecular weight is 844 g/mol. The lowest BCUT2D eigenvalue weighted by Crippen LogP contribution is -2.66. The Labute approximate surface area is 350 Å². The molecule has 60 heavy (non-hydrogen) atoms. The van der Waals surface area contributed by atoms with Crippen LogP contribution in [0.3, 0.4) is 0 Å². The SMILES string of the molecule is CCC(Cn1cncn1)(c1ccc(F)cc1F)[C@@]1(C(=O)O)C=C(C#N)C=C[C@@]1(COC(=O)CN1CCN(C)CC1)SC1COC(/C=C/C=C/c2ccc(C#N)cc2F)OC1. The molecule has 0 bridgehead atoms. The van der Waals surface area contributed by atoms with E-state index in [0.717, 1.165) is 37.0 Å². The third kappa shape index (κ3) is 9.26. The largest absolute Gasteiger partial charge is 0.481 e. The summed E-state index contributed by atoms with van der Waals surface area (Å²) in [7, 11) is 1.99. The van der Waals surface area contributed by atoms with Crippen molar-refractivity contribution < 1.29 is 42.1 Å². The van der Waals surface area contributed by atoms with Gasteiger partial charge in [-0.25, -0.2) is 18.2 Å². The molecule has 1 unspecified atom stereocenters. The Kier molecular flexibility index (Phi) is 14.1. The molecule has 1 aliphatic carbocycles. The molecule has 0 spiro atoms. The van der Waals surface area contributed by atoms with E-state index in [1.165, 1.54) is 59.8 Å². The van der Waals surface area contributed by atoms with Crippen LogP contribution in [-0.4, -0.2) is 117 Å². The Morgan fingerprint density at radius 1 is 1.07 bits per heavy atom. The van der Waals surface area contributed by atoms with Crippen molar-refractivity contribution in [2.24, 2.45) is 5.41 Å². The molecule has 0 amide bonds. The highest BCUT2D eigenvalue weighted by molar-refractivity contribution is 8.01. The lowest BCUT2D eigenvalue weighted by Gasteiger charge is -2.56. The smallest absolute Gasteiger partial charge is 0.320 e. The van der Waals surface area contributed by atoms with Crippen molar-refractivity contribution in [3.05, 3.63) is 125 Å². The molecular weight excluding hydrogens is 800 g/mol. The van der Waals surface area contributed by atoms with Gasteiger partial charge in [-0.15, -0.1) is 11.8 Å². The van der Waals surface area contributed by atoms with Gasteiger partial charge in [-0.1, -0.05) is 43.4 Å². The fraction of sp³-hybridized carbons (Fsp3) is 0.395. The Morgan fingerprint density at radius 2 is 1.83 bits per heavy atom. The molecule has 3 aliphatic rings. The van der Waals surface area contributed by atoms with Crippen molar-refractivity contribution in [2.45, 2.75) is 41.6 Å². The van der Waals surface area contributed by atoms with Crippen LogP contribution in [0.2, 0.25) is 0 Å². The van der Waals surface area contributed by atoms with E-state index in [2.05, 4.69) is 21.1 Å². The van der Waals surface area contributed by atoms with Crippen LogP contribution in [0.4, 0.5) is 13.2 Å². The number of halogens is 3. The van der Waals surface area contributed by atoms with Gasteiger partial charge in [0.15, 0.2) is 6.29 Å². The number of carboxylic acids is 1. The minimum atomic E-state index is -2.29. The molecule has 314 valence electrons. The predicted molar refractivity (Wildman–Crippen MR) is 215 cm³/mol. The quantitative estimate of drug-likeness (QED) is 0.155. The number of piperazine rings is 1. The second-order valence-electron chi connectivity index (χ2n) is 14.8. The van der Waals surface area contributed by atoms with E-state index < -0.39 is 63.1 Å². The van der Waals surface area contributed by atoms with Gasteiger partial charge in [0, 0.05) is 48.8 Å². The summed E-state index contributed by atoms with van der Waals surface area (Å²) < 4.78 is 63.1. The van der Waals surface area contributed by atoms with E-state index in [0.29, 0.717) is 19.2 Å². The van der Waals surface area contributed by atoms with Gasteiger partial charge in [0.1, 0.15) is 42.1 Å². The van der Waals surface area contributed by atoms with Crippen molar-refractivity contribution in [3.8, 4) is 12.1 Å². The molecule has 2 fully saturated rings. The zero-order valence-corrected chi connectivity index (χ0v) is 33.9. The van der Waals surface area contributed by atoms with Crippen molar-refractivity contribution in [2.75, 3.05) is 59.6 Å². The Bertz CT molecular complexity index is 2240. The van der Waals surface area contributed by atoms with Crippen LogP contribution in [0.1, 0.15) is 30.0 Å². The third-order valence-electron chi connectivity index (χ3n) is 11.2. The normalized spacial score (nSPS) is 24.8. The highest BCUT2D eigenvalue weighted by Gasteiger charge is 2.69. The highest BCUT2D eigenvalue weighted by atomic mass is 32.2. The summed E-state index contributed by atoms with van der Waals surface area (Å²) in [5.41, 5.74) is -3.84. The molecule has 2 saturated heterocycles. The van der Waals surface area contributed by atoms with E-state index in [4.69, 9.17) is 19.5 Å². The molecule has 17 heteroatoms. The number of aromatic nitrogens is 3. The number of hydrogen-bond acceptors (Lipinski definition) is 12. The summed E-state index contributed by atoms with van der Waals surface area (Å²) in [6.45, 7) is 3.57. The third-order valence-corrected chi connectivity index (χ3v) is 12.8. The van der Waals surface area contributed by atoms with Crippen LogP contribution in [0.15, 0.2) is 91.1 Å². The number of hydrogen-bond donors (Lipinski definition) is 1. The average Bonchev–Trinajstić information content (AvgIpc) is 3.76. The zero-order valence-electron chi connectivity index (χ0n) is 33.0. The first kappa shape index (κ1) is 44.0. The monoisotopic (exact) mass is 843 g/mol. The molecule has 13 nitrogen and oxygen atoms in total. The van der Waals surface area contributed by atoms with Gasteiger partial charge in [0.25, 0.3) is 0 Å². The first-order valence-corrected chi connectivity index (χ1v) is 20.1. The lowest BCUT2D eigenvalue weighted by atomic mass is 9.51. The summed E-state index contributed by atoms with van der Waals surface area (Å²) in [5, 5.41) is 34.7. The summed E-state index contributed by atoms with van der Waals surface area (Å²) in [5.74, 6) is -4.51. The fourth-order valence-electron chi connectivity index (χ4n) is 8.06. The van der Waals surface area contributed by atoms with E-state index in [9.17, 15) is 28.7 Å². The molecule has 3 aromatic rings. The molecule has 2 aromatic carbocycles. The highest BCUT2D eigenvalue weighted by Crippen LogP contribution is 2.62. The van der Waals surface area contributed by atoms with E-state index in [1.54, 1.807) is 25.2 Å². The van der Waals surface area contributed by atoms with Gasteiger partial charge >= 0.3 is 11.9 Å². The minimum Gasteiger partial charge on any atom is -0.481 e. The summed E-state index contributed by atoms with van der Waals surface area (Å²) in [4.78, 5) is 36.3. The van der Waals surface area contributed by atoms with Crippen LogP contribution in [0.25, 0.3) is 6.08 Å². The van der Waals surface area contributed by atoms with E-state index >= 15 is 4.39 Å². The Morgan fingerprint density at radius 3 is 2.47 bits per heavy atom. The molecule has 2 aliphatic heterocycles. The van der Waals surface area contributed by atoms with Gasteiger partial charge in [0.2, 0.25) is 0 Å². The maximum atomic E-state index is 16.4. The zero-order chi connectivity index (χ0) is 42.9. The number of thioether (sulfide) groups is 1. The summed E-state index contributed by atoms with van der Waals surface area (Å²) >= 11 is 1.10. The summed E-state index contributed by atoms with van der Waals surface area (Å²) in [6.07, 6.45) is 12.3. The van der Waals surface area contributed by atoms with Gasteiger partial charge in [0.05, 0.1) is 54.0 Å². The fourth-order valence-corrected chi connectivity index (χ4v) is 9.75. The molecule has 0 radical (unpaired) electrons. The van der Waals surface area contributed by atoms with Crippen molar-refractivity contribution in [1.82, 2.24) is 24.6 Å². The molecule has 0 saturated carbocycles. The van der Waals surface area contributed by atoms with E-state index in [1.807, 2.05) is 18.0 Å². The van der Waals surface area contributed by atoms with Crippen molar-refractivity contribution in [1.29, 1.82) is 10.5 Å². The van der Waals surface area contributed by atoms with Crippen LogP contribution in [0.5, 0.6) is 0 Å². The number of likely N-dealkylation sites (N-methyl/N-ethyl adjacent to an activating group) is 1. The molecule has 6 rings (SSSR count). The maximum Gasteiger partial charge on any atom is 0.320 e. The van der Waals surface area contributed by atoms with Crippen molar-refractivity contribution >= 4 is 29.8 Å². The van der Waals surface area contributed by atoms with Crippen LogP contribution < -0.4 is 0 Å². The number of carbonyl (C=O) groups is 2. The van der Waals surface area contributed by atoms with Gasteiger partial charge < -0.3 is 24.2 Å². The number of nitrogens with zero attached hydrogens (tertiary/aromatic N) is 7. The van der Waals surface area contributed by atoms with Gasteiger partial charge in [-0.3, -0.25) is 19.2 Å². The van der Waals surface area contributed by atoms with Gasteiger partial charge in [-0.05, 0) is 55.5 Å². The number of carbonyl (C=O) groups excluding carboxylic acids is 1. The summed E-state index contributed by atoms with van der Waals surface area (Å²) in [6, 6.07) is 11.0. The first-order chi connectivity index (χ1) is 28.9. The topological polar surface area (TPSA) is 167 Å². The standard InChI is InChI=1S/C43H44F3N7O6S/c1-3-41(26-53-29-49-28-50-53,35-11-10-33(44)19-37(35)46)43(40(55)56)20-31(22-48)12-13-42(43,27-59-38(54)23-52-16-14-51(2)15-17-52)60-34-24-57-39(58-25-34)7-5-4-6-32-9-8-30(21-47)18-36(32)45/h4-13,18-20,28-29,34,39H,3,14-17,23-27H2,1-2H3,(H,55,56)/b6-4+,7-5+/t34?,39?,41?,42-,43-/m0/s1. The number of benzene rings is 2. The number of rotatable bonds is 15. The second kappa shape index (κ2) is 19.2. The van der Waals surface area contributed by atoms with Crippen molar-refractivity contribution in [3.63, 3.8) is 0 Å². The Balaban J connectivity index is 1.38. The number of esters is 1. The molecule has 1 aromatic heterocycles. The minimum absolute atomic E-state index is 0.0239.